The molecule has 1 heterocycles. The Morgan fingerprint density at radius 2 is 2.17 bits per heavy atom. The van der Waals surface area contributed by atoms with Crippen LogP contribution < -0.4 is 5.32 Å². The average Bonchev–Trinajstić information content (AvgIpc) is 2.93. The molecule has 0 aliphatic heterocycles. The Morgan fingerprint density at radius 3 is 2.78 bits per heavy atom. The average molecular weight is 247 g/mol. The number of carbonyl (C=O) groups excluding carboxylic acids is 1. The second kappa shape index (κ2) is 5.85. The van der Waals surface area contributed by atoms with Crippen molar-refractivity contribution in [1.29, 1.82) is 0 Å². The Morgan fingerprint density at radius 1 is 1.44 bits per heavy atom. The van der Waals surface area contributed by atoms with Gasteiger partial charge in [-0.05, 0) is 31.9 Å². The molecule has 0 unspecified atom stereocenters. The summed E-state index contributed by atoms with van der Waals surface area (Å²) in [7, 11) is 1.81. The maximum Gasteiger partial charge on any atom is 0.272 e. The van der Waals surface area contributed by atoms with Gasteiger partial charge in [-0.1, -0.05) is 18.9 Å². The molecule has 4 nitrogen and oxygen atoms in total. The number of rotatable bonds is 4. The van der Waals surface area contributed by atoms with Gasteiger partial charge in [0, 0.05) is 19.6 Å². The molecular weight excluding hydrogens is 226 g/mol. The fourth-order valence-electron chi connectivity index (χ4n) is 2.62. The van der Waals surface area contributed by atoms with Crippen molar-refractivity contribution >= 4 is 11.7 Å². The molecule has 1 saturated carbocycles. The van der Waals surface area contributed by atoms with Gasteiger partial charge in [-0.3, -0.25) is 4.79 Å². The van der Waals surface area contributed by atoms with Gasteiger partial charge in [0.1, 0.15) is 11.5 Å². The first-order valence-corrected chi connectivity index (χ1v) is 6.72. The van der Waals surface area contributed by atoms with Crippen LogP contribution in [0, 0.1) is 0 Å². The molecule has 1 fully saturated rings. The molecule has 18 heavy (non-hydrogen) atoms. The highest BCUT2D eigenvalue weighted by molar-refractivity contribution is 5.92. The number of aromatic nitrogens is 1. The number of hydrogen-bond acceptors (Lipinski definition) is 3. The first-order chi connectivity index (χ1) is 8.76. The Kier molecular flexibility index (Phi) is 4.18. The number of anilines is 1. The first-order valence-electron chi connectivity index (χ1n) is 6.72. The quantitative estimate of drug-likeness (QED) is 0.889. The summed E-state index contributed by atoms with van der Waals surface area (Å²) >= 11 is 0. The van der Waals surface area contributed by atoms with Gasteiger partial charge in [0.25, 0.3) is 5.91 Å². The molecule has 0 atom stereocenters. The van der Waals surface area contributed by atoms with E-state index < -0.39 is 0 Å². The Hall–Kier alpha value is -1.58. The number of carbonyl (C=O) groups is 1. The van der Waals surface area contributed by atoms with Crippen LogP contribution in [0.1, 0.15) is 43.1 Å². The molecule has 1 aliphatic rings. The predicted octanol–water partition coefficient (Wildman–Crippen LogP) is 2.53. The van der Waals surface area contributed by atoms with Gasteiger partial charge in [-0.15, -0.1) is 0 Å². The van der Waals surface area contributed by atoms with Crippen molar-refractivity contribution in [2.75, 3.05) is 18.9 Å². The highest BCUT2D eigenvalue weighted by Crippen LogP contribution is 2.24. The summed E-state index contributed by atoms with van der Waals surface area (Å²) < 4.78 is 0. The molecular formula is C14H21N3O. The van der Waals surface area contributed by atoms with E-state index in [9.17, 15) is 4.79 Å². The third-order valence-corrected chi connectivity index (χ3v) is 3.59. The largest absolute Gasteiger partial charge is 0.373 e. The van der Waals surface area contributed by atoms with Crippen LogP contribution >= 0.6 is 0 Å². The summed E-state index contributed by atoms with van der Waals surface area (Å²) in [6.45, 7) is 2.80. The monoisotopic (exact) mass is 247 g/mol. The van der Waals surface area contributed by atoms with Gasteiger partial charge in [0.05, 0.1) is 0 Å². The predicted molar refractivity (Wildman–Crippen MR) is 72.8 cm³/mol. The molecule has 1 aromatic rings. The third kappa shape index (κ3) is 2.63. The van der Waals surface area contributed by atoms with Crippen molar-refractivity contribution in [3.63, 3.8) is 0 Å². The van der Waals surface area contributed by atoms with Crippen LogP contribution in [0.15, 0.2) is 18.2 Å². The molecule has 0 radical (unpaired) electrons. The highest BCUT2D eigenvalue weighted by Gasteiger charge is 2.26. The summed E-state index contributed by atoms with van der Waals surface area (Å²) in [6.07, 6.45) is 4.73. The number of nitrogens with one attached hydrogen (secondary N) is 1. The zero-order chi connectivity index (χ0) is 13.0. The smallest absolute Gasteiger partial charge is 0.272 e. The molecule has 0 bridgehead atoms. The van der Waals surface area contributed by atoms with Gasteiger partial charge >= 0.3 is 0 Å². The van der Waals surface area contributed by atoms with Crippen LogP contribution in [0.2, 0.25) is 0 Å². The summed E-state index contributed by atoms with van der Waals surface area (Å²) in [6, 6.07) is 5.93. The molecule has 0 spiro atoms. The van der Waals surface area contributed by atoms with Crippen molar-refractivity contribution in [2.24, 2.45) is 0 Å². The van der Waals surface area contributed by atoms with Gasteiger partial charge in [-0.2, -0.15) is 0 Å². The van der Waals surface area contributed by atoms with E-state index in [0.29, 0.717) is 11.7 Å². The Labute approximate surface area is 108 Å². The van der Waals surface area contributed by atoms with E-state index in [0.717, 1.165) is 25.2 Å². The lowest BCUT2D eigenvalue weighted by molar-refractivity contribution is 0.0687. The SMILES string of the molecule is CCN(C(=O)c1cccc(NC)n1)C1CCCC1. The summed E-state index contributed by atoms with van der Waals surface area (Å²) in [5.41, 5.74) is 0.538. The van der Waals surface area contributed by atoms with Gasteiger partial charge < -0.3 is 10.2 Å². The number of amides is 1. The van der Waals surface area contributed by atoms with Gasteiger partial charge in [-0.25, -0.2) is 4.98 Å². The normalized spacial score (nSPS) is 15.7. The summed E-state index contributed by atoms with van der Waals surface area (Å²) in [4.78, 5) is 18.8. The van der Waals surface area contributed by atoms with Crippen LogP contribution in [0.4, 0.5) is 5.82 Å². The fraction of sp³-hybridized carbons (Fsp3) is 0.571. The van der Waals surface area contributed by atoms with Crippen molar-refractivity contribution < 1.29 is 4.79 Å². The second-order valence-corrected chi connectivity index (χ2v) is 4.69. The van der Waals surface area contributed by atoms with Crippen molar-refractivity contribution in [3.8, 4) is 0 Å². The lowest BCUT2D eigenvalue weighted by Crippen LogP contribution is -2.39. The van der Waals surface area contributed by atoms with Crippen LogP contribution in [-0.2, 0) is 0 Å². The Balaban J connectivity index is 2.16. The minimum absolute atomic E-state index is 0.0569. The molecule has 1 amide bonds. The van der Waals surface area contributed by atoms with E-state index in [-0.39, 0.29) is 5.91 Å². The van der Waals surface area contributed by atoms with E-state index in [2.05, 4.69) is 10.3 Å². The summed E-state index contributed by atoms with van der Waals surface area (Å²) in [5, 5.41) is 2.97. The Bertz CT molecular complexity index is 413. The van der Waals surface area contributed by atoms with Crippen molar-refractivity contribution in [2.45, 2.75) is 38.6 Å². The second-order valence-electron chi connectivity index (χ2n) is 4.69. The van der Waals surface area contributed by atoms with Crippen LogP contribution in [-0.4, -0.2) is 35.4 Å². The standard InChI is InChI=1S/C14H21N3O/c1-3-17(11-7-4-5-8-11)14(18)12-9-6-10-13(15-2)16-12/h6,9-11H,3-5,7-8H2,1-2H3,(H,15,16). The number of nitrogens with zero attached hydrogens (tertiary/aromatic N) is 2. The molecule has 0 saturated heterocycles. The molecule has 1 aliphatic carbocycles. The van der Waals surface area contributed by atoms with E-state index in [1.807, 2.05) is 31.0 Å². The lowest BCUT2D eigenvalue weighted by atomic mass is 10.2. The third-order valence-electron chi connectivity index (χ3n) is 3.59. The number of pyridine rings is 1. The van der Waals surface area contributed by atoms with Gasteiger partial charge in [0.15, 0.2) is 0 Å². The zero-order valence-electron chi connectivity index (χ0n) is 11.1. The van der Waals surface area contributed by atoms with Gasteiger partial charge in [0.2, 0.25) is 0 Å². The molecule has 2 rings (SSSR count). The maximum atomic E-state index is 12.5. The van der Waals surface area contributed by atoms with Crippen LogP contribution in [0.25, 0.3) is 0 Å². The molecule has 98 valence electrons. The van der Waals surface area contributed by atoms with Crippen LogP contribution in [0.5, 0.6) is 0 Å². The first kappa shape index (κ1) is 12.9. The topological polar surface area (TPSA) is 45.2 Å². The minimum atomic E-state index is 0.0569. The van der Waals surface area contributed by atoms with Crippen molar-refractivity contribution in [1.82, 2.24) is 9.88 Å². The maximum absolute atomic E-state index is 12.5. The van der Waals surface area contributed by atoms with E-state index >= 15 is 0 Å². The minimum Gasteiger partial charge on any atom is -0.373 e. The zero-order valence-corrected chi connectivity index (χ0v) is 11.1. The molecule has 0 aromatic carbocycles. The van der Waals surface area contributed by atoms with E-state index in [1.165, 1.54) is 12.8 Å². The molecule has 1 aromatic heterocycles. The molecule has 1 N–H and O–H groups in total. The summed E-state index contributed by atoms with van der Waals surface area (Å²) in [5.74, 6) is 0.796. The van der Waals surface area contributed by atoms with Crippen LogP contribution in [0.3, 0.4) is 0 Å². The van der Waals surface area contributed by atoms with E-state index in [4.69, 9.17) is 0 Å². The number of hydrogen-bond donors (Lipinski definition) is 1. The lowest BCUT2D eigenvalue weighted by Gasteiger charge is -2.27. The fourth-order valence-corrected chi connectivity index (χ4v) is 2.62. The molecule has 4 heteroatoms. The highest BCUT2D eigenvalue weighted by atomic mass is 16.2. The van der Waals surface area contributed by atoms with E-state index in [1.54, 1.807) is 6.07 Å². The van der Waals surface area contributed by atoms with Crippen molar-refractivity contribution in [3.05, 3.63) is 23.9 Å².